The van der Waals surface area contributed by atoms with Crippen LogP contribution in [0.25, 0.3) is 0 Å². The van der Waals surface area contributed by atoms with Gasteiger partial charge in [0.05, 0.1) is 18.2 Å². The molecule has 1 unspecified atom stereocenters. The summed E-state index contributed by atoms with van der Waals surface area (Å²) in [6.45, 7) is 5.30. The van der Waals surface area contributed by atoms with Crippen molar-refractivity contribution < 1.29 is 14.3 Å². The van der Waals surface area contributed by atoms with Crippen LogP contribution in [-0.4, -0.2) is 46.3 Å². The summed E-state index contributed by atoms with van der Waals surface area (Å²) in [5, 5.41) is 4.31. The average Bonchev–Trinajstić information content (AvgIpc) is 2.88. The van der Waals surface area contributed by atoms with Gasteiger partial charge in [-0.15, -0.1) is 0 Å². The van der Waals surface area contributed by atoms with E-state index in [1.54, 1.807) is 23.6 Å². The van der Waals surface area contributed by atoms with E-state index in [1.165, 1.54) is 0 Å². The fourth-order valence-electron chi connectivity index (χ4n) is 2.68. The fourth-order valence-corrected chi connectivity index (χ4v) is 2.68. The average molecular weight is 293 g/mol. The topological polar surface area (TPSA) is 64.4 Å². The van der Waals surface area contributed by atoms with Crippen LogP contribution in [-0.2, 0) is 23.0 Å². The van der Waals surface area contributed by atoms with Crippen LogP contribution in [0.2, 0.25) is 0 Å². The predicted octanol–water partition coefficient (Wildman–Crippen LogP) is 1.40. The highest BCUT2D eigenvalue weighted by Gasteiger charge is 2.30. The fraction of sp³-hybridized carbons (Fsp3) is 0.667. The van der Waals surface area contributed by atoms with Crippen molar-refractivity contribution in [3.63, 3.8) is 0 Å². The molecule has 1 atom stereocenters. The van der Waals surface area contributed by atoms with Gasteiger partial charge in [-0.3, -0.25) is 14.3 Å². The van der Waals surface area contributed by atoms with Crippen LogP contribution in [0.3, 0.4) is 0 Å². The third kappa shape index (κ3) is 3.43. The van der Waals surface area contributed by atoms with Crippen molar-refractivity contribution in [1.29, 1.82) is 0 Å². The number of hydrogen-bond acceptors (Lipinski definition) is 4. The monoisotopic (exact) mass is 293 g/mol. The number of hydrogen-bond donors (Lipinski definition) is 0. The minimum atomic E-state index is -0.207. The van der Waals surface area contributed by atoms with Gasteiger partial charge in [-0.05, 0) is 32.3 Å². The Bertz CT molecular complexity index is 524. The van der Waals surface area contributed by atoms with Crippen molar-refractivity contribution in [1.82, 2.24) is 14.7 Å². The summed E-state index contributed by atoms with van der Waals surface area (Å²) in [5.74, 6) is -0.463. The second-order valence-corrected chi connectivity index (χ2v) is 5.34. The number of aromatic nitrogens is 2. The summed E-state index contributed by atoms with van der Waals surface area (Å²) in [4.78, 5) is 26.2. The highest BCUT2D eigenvalue weighted by atomic mass is 16.5. The summed E-state index contributed by atoms with van der Waals surface area (Å²) in [6.07, 6.45) is 2.41. The van der Waals surface area contributed by atoms with Gasteiger partial charge in [0.25, 0.3) is 5.91 Å². The van der Waals surface area contributed by atoms with Crippen molar-refractivity contribution in [2.75, 3.05) is 19.7 Å². The van der Waals surface area contributed by atoms with Crippen LogP contribution < -0.4 is 0 Å². The molecular formula is C15H23N3O3. The Morgan fingerprint density at radius 1 is 1.43 bits per heavy atom. The molecule has 2 heterocycles. The number of ether oxygens (including phenoxy) is 1. The van der Waals surface area contributed by atoms with Crippen molar-refractivity contribution in [2.24, 2.45) is 13.0 Å². The van der Waals surface area contributed by atoms with Crippen LogP contribution in [0, 0.1) is 5.92 Å². The predicted molar refractivity (Wildman–Crippen MR) is 77.8 cm³/mol. The molecule has 0 spiro atoms. The highest BCUT2D eigenvalue weighted by Crippen LogP contribution is 2.20. The second-order valence-electron chi connectivity index (χ2n) is 5.34. The molecule has 2 rings (SSSR count). The van der Waals surface area contributed by atoms with Crippen LogP contribution in [0.15, 0.2) is 6.07 Å². The summed E-state index contributed by atoms with van der Waals surface area (Å²) >= 11 is 0. The van der Waals surface area contributed by atoms with E-state index in [9.17, 15) is 9.59 Å². The minimum absolute atomic E-state index is 0.0568. The normalized spacial score (nSPS) is 18.6. The van der Waals surface area contributed by atoms with Gasteiger partial charge in [-0.2, -0.15) is 5.10 Å². The SMILES string of the molecule is CCOC(=O)C1CCCN(C(=O)c2cc(CC)nn2C)C1. The Morgan fingerprint density at radius 3 is 2.81 bits per heavy atom. The van der Waals surface area contributed by atoms with Gasteiger partial charge >= 0.3 is 5.97 Å². The zero-order chi connectivity index (χ0) is 15.4. The third-order valence-electron chi connectivity index (χ3n) is 3.84. The second kappa shape index (κ2) is 6.74. The van der Waals surface area contributed by atoms with Crippen LogP contribution in [0.5, 0.6) is 0 Å². The molecule has 1 aromatic heterocycles. The van der Waals surface area contributed by atoms with Crippen molar-refractivity contribution in [2.45, 2.75) is 33.1 Å². The standard InChI is InChI=1S/C15H23N3O3/c1-4-12-9-13(17(3)16-12)14(19)18-8-6-7-11(10-18)15(20)21-5-2/h9,11H,4-8,10H2,1-3H3. The number of carbonyl (C=O) groups is 2. The van der Waals surface area contributed by atoms with Gasteiger partial charge in [0.15, 0.2) is 0 Å². The summed E-state index contributed by atoms with van der Waals surface area (Å²) in [6, 6.07) is 1.83. The Kier molecular flexibility index (Phi) is 4.98. The molecule has 0 aromatic carbocycles. The lowest BCUT2D eigenvalue weighted by molar-refractivity contribution is -0.149. The van der Waals surface area contributed by atoms with Gasteiger partial charge in [0, 0.05) is 20.1 Å². The minimum Gasteiger partial charge on any atom is -0.466 e. The maximum Gasteiger partial charge on any atom is 0.310 e. The van der Waals surface area contributed by atoms with E-state index < -0.39 is 0 Å². The Morgan fingerprint density at radius 2 is 2.19 bits per heavy atom. The molecule has 1 saturated heterocycles. The highest BCUT2D eigenvalue weighted by molar-refractivity contribution is 5.93. The van der Waals surface area contributed by atoms with Crippen molar-refractivity contribution >= 4 is 11.9 Å². The van der Waals surface area contributed by atoms with Crippen LogP contribution >= 0.6 is 0 Å². The van der Waals surface area contributed by atoms with E-state index in [0.29, 0.717) is 25.4 Å². The molecule has 1 fully saturated rings. The number of esters is 1. The molecular weight excluding hydrogens is 270 g/mol. The molecule has 0 aliphatic carbocycles. The zero-order valence-electron chi connectivity index (χ0n) is 13.0. The number of likely N-dealkylation sites (tertiary alicyclic amines) is 1. The van der Waals surface area contributed by atoms with E-state index in [4.69, 9.17) is 4.74 Å². The lowest BCUT2D eigenvalue weighted by atomic mass is 9.98. The number of nitrogens with zero attached hydrogens (tertiary/aromatic N) is 3. The van der Waals surface area contributed by atoms with Gasteiger partial charge in [-0.1, -0.05) is 6.92 Å². The molecule has 21 heavy (non-hydrogen) atoms. The Labute approximate surface area is 125 Å². The molecule has 0 bridgehead atoms. The van der Waals surface area contributed by atoms with Gasteiger partial charge < -0.3 is 9.64 Å². The molecule has 1 aromatic rings. The number of aryl methyl sites for hydroxylation is 2. The molecule has 6 nitrogen and oxygen atoms in total. The Balaban J connectivity index is 2.08. The largest absolute Gasteiger partial charge is 0.466 e. The molecule has 1 aliphatic heterocycles. The van der Waals surface area contributed by atoms with E-state index in [2.05, 4.69) is 5.10 Å². The lowest BCUT2D eigenvalue weighted by Gasteiger charge is -2.31. The molecule has 6 heteroatoms. The van der Waals surface area contributed by atoms with Crippen LogP contribution in [0.4, 0.5) is 0 Å². The number of rotatable bonds is 4. The molecule has 1 amide bonds. The van der Waals surface area contributed by atoms with Crippen molar-refractivity contribution in [3.05, 3.63) is 17.5 Å². The number of carbonyl (C=O) groups excluding carboxylic acids is 2. The first-order valence-electron chi connectivity index (χ1n) is 7.55. The smallest absolute Gasteiger partial charge is 0.310 e. The van der Waals surface area contributed by atoms with E-state index in [0.717, 1.165) is 25.0 Å². The van der Waals surface area contributed by atoms with Crippen LogP contribution in [0.1, 0.15) is 42.9 Å². The maximum atomic E-state index is 12.6. The summed E-state index contributed by atoms with van der Waals surface area (Å²) in [7, 11) is 1.78. The van der Waals surface area contributed by atoms with Gasteiger partial charge in [-0.25, -0.2) is 0 Å². The molecule has 0 saturated carbocycles. The Hall–Kier alpha value is -1.85. The first kappa shape index (κ1) is 15.5. The van der Waals surface area contributed by atoms with Gasteiger partial charge in [0.1, 0.15) is 5.69 Å². The third-order valence-corrected chi connectivity index (χ3v) is 3.84. The first-order valence-corrected chi connectivity index (χ1v) is 7.55. The van der Waals surface area contributed by atoms with E-state index >= 15 is 0 Å². The molecule has 0 radical (unpaired) electrons. The van der Waals surface area contributed by atoms with E-state index in [-0.39, 0.29) is 17.8 Å². The summed E-state index contributed by atoms with van der Waals surface area (Å²) < 4.78 is 6.69. The quantitative estimate of drug-likeness (QED) is 0.787. The number of amides is 1. The lowest BCUT2D eigenvalue weighted by Crippen LogP contribution is -2.43. The molecule has 116 valence electrons. The van der Waals surface area contributed by atoms with Crippen molar-refractivity contribution in [3.8, 4) is 0 Å². The first-order chi connectivity index (χ1) is 10.1. The zero-order valence-corrected chi connectivity index (χ0v) is 13.0. The molecule has 0 N–H and O–H groups in total. The summed E-state index contributed by atoms with van der Waals surface area (Å²) in [5.41, 5.74) is 1.48. The molecule has 1 aliphatic rings. The van der Waals surface area contributed by atoms with Gasteiger partial charge in [0.2, 0.25) is 0 Å². The number of piperidine rings is 1. The van der Waals surface area contributed by atoms with E-state index in [1.807, 2.05) is 13.0 Å². The maximum absolute atomic E-state index is 12.6.